The number of nitrogens with zero attached hydrogens (tertiary/aromatic N) is 3. The number of aliphatic hydroxyl groups is 1. The molecule has 9 nitrogen and oxygen atoms in total. The fraction of sp³-hybridized carbons (Fsp3) is 0.472. The summed E-state index contributed by atoms with van der Waals surface area (Å²) in [5, 5.41) is 11.7. The Morgan fingerprint density at radius 2 is 1.53 bits per heavy atom. The second-order valence-corrected chi connectivity index (χ2v) is 14.1. The van der Waals surface area contributed by atoms with Crippen LogP contribution in [0.25, 0.3) is 0 Å². The van der Waals surface area contributed by atoms with Gasteiger partial charge in [-0.25, -0.2) is 0 Å². The van der Waals surface area contributed by atoms with Gasteiger partial charge in [0.05, 0.1) is 27.0 Å². The summed E-state index contributed by atoms with van der Waals surface area (Å²) in [6.07, 6.45) is 0.181. The third-order valence-corrected chi connectivity index (χ3v) is 11.1. The van der Waals surface area contributed by atoms with Crippen LogP contribution in [0, 0.1) is 5.92 Å². The van der Waals surface area contributed by atoms with Gasteiger partial charge in [0.1, 0.15) is 23.2 Å². The van der Waals surface area contributed by atoms with Crippen molar-refractivity contribution in [3.8, 4) is 23.0 Å². The van der Waals surface area contributed by atoms with Gasteiger partial charge in [-0.3, -0.25) is 9.69 Å². The van der Waals surface area contributed by atoms with Crippen LogP contribution in [0.4, 0.5) is 5.69 Å². The second-order valence-electron chi connectivity index (χ2n) is 12.4. The van der Waals surface area contributed by atoms with E-state index in [1.54, 1.807) is 26.2 Å². The van der Waals surface area contributed by atoms with E-state index in [1.807, 2.05) is 61.6 Å². The first-order valence-corrected chi connectivity index (χ1v) is 17.2. The second kappa shape index (κ2) is 18.1. The Bertz CT molecular complexity index is 1530. The molecule has 0 saturated carbocycles. The smallest absolute Gasteiger partial charge is 0.248 e. The number of carbonyl (C=O) groups excluding carboxylic acids is 1. The van der Waals surface area contributed by atoms with Gasteiger partial charge < -0.3 is 33.9 Å². The van der Waals surface area contributed by atoms with Crippen LogP contribution in [-0.4, -0.2) is 101 Å². The lowest BCUT2D eigenvalue weighted by Crippen LogP contribution is -2.50. The number of halogens is 3. The molecule has 2 aliphatic heterocycles. The number of benzene rings is 3. The van der Waals surface area contributed by atoms with E-state index in [0.717, 1.165) is 60.9 Å². The van der Waals surface area contributed by atoms with E-state index in [1.165, 1.54) is 11.8 Å². The molecule has 1 fully saturated rings. The highest BCUT2D eigenvalue weighted by molar-refractivity contribution is 8.01. The normalized spacial score (nSPS) is 18.6. The van der Waals surface area contributed by atoms with Gasteiger partial charge in [-0.2, -0.15) is 0 Å². The molecule has 0 radical (unpaired) electrons. The fourth-order valence-electron chi connectivity index (χ4n) is 6.47. The summed E-state index contributed by atoms with van der Waals surface area (Å²) in [6, 6.07) is 17.3. The third kappa shape index (κ3) is 8.84. The number of rotatable bonds is 13. The average molecular weight is 757 g/mol. The number of amides is 1. The van der Waals surface area contributed by atoms with Crippen LogP contribution in [0.5, 0.6) is 23.0 Å². The number of likely N-dealkylation sites (N-methyl/N-ethyl adjacent to an activating group) is 1. The summed E-state index contributed by atoms with van der Waals surface area (Å²) < 4.78 is 21.9. The molecule has 2 aliphatic rings. The summed E-state index contributed by atoms with van der Waals surface area (Å²) >= 11 is 7.89. The van der Waals surface area contributed by atoms with E-state index in [0.29, 0.717) is 34.6 Å². The standard InChI is InChI=1S/C36H46ClN3O6S.2ClH/c1-24(2)36(35(42)38(3)29-12-11-26(37)21-33(29)47-36)28-9-7-8-10-30(28)46-23-27(41)22-40-17-15-39(16-18-40)14-13-25-19-31(43-4)34(45-6)32(20-25)44-5;;/h7-12,19-21,24,27,41H,13-18,22-23H2,1-6H3;2*1H. The number of methoxy groups -OCH3 is 3. The van der Waals surface area contributed by atoms with Crippen molar-refractivity contribution in [2.45, 2.75) is 36.0 Å². The molecule has 3 aromatic carbocycles. The number of fused-ring (bicyclic) bond motifs is 1. The van der Waals surface area contributed by atoms with Gasteiger partial charge in [0.2, 0.25) is 11.7 Å². The van der Waals surface area contributed by atoms with Crippen molar-refractivity contribution in [2.75, 3.05) is 79.2 Å². The molecule has 2 heterocycles. The number of anilines is 1. The third-order valence-electron chi connectivity index (χ3n) is 9.08. The molecule has 0 aliphatic carbocycles. The summed E-state index contributed by atoms with van der Waals surface area (Å²) in [6.45, 7) is 9.22. The van der Waals surface area contributed by atoms with Crippen LogP contribution in [-0.2, 0) is 16.0 Å². The van der Waals surface area contributed by atoms with Gasteiger partial charge in [0, 0.05) is 61.8 Å². The molecule has 0 aromatic heterocycles. The fourth-order valence-corrected chi connectivity index (χ4v) is 8.28. The molecular formula is C36H48Cl3N3O6S. The maximum absolute atomic E-state index is 14.1. The first kappa shape index (κ1) is 40.9. The maximum atomic E-state index is 14.1. The van der Waals surface area contributed by atoms with Crippen LogP contribution in [0.2, 0.25) is 5.02 Å². The summed E-state index contributed by atoms with van der Waals surface area (Å²) in [4.78, 5) is 21.5. The zero-order valence-corrected chi connectivity index (χ0v) is 32.1. The Labute approximate surface area is 312 Å². The number of aliphatic hydroxyl groups excluding tert-OH is 1. The van der Waals surface area contributed by atoms with Gasteiger partial charge in [0.15, 0.2) is 11.5 Å². The monoisotopic (exact) mass is 755 g/mol. The number of β-amino-alcohol motifs (C(OH)–C–C–N with tert-alkyl or cyclic N) is 1. The van der Waals surface area contributed by atoms with Gasteiger partial charge >= 0.3 is 0 Å². The van der Waals surface area contributed by atoms with Crippen molar-refractivity contribution in [3.63, 3.8) is 0 Å². The Balaban J connectivity index is 0.00000325. The van der Waals surface area contributed by atoms with Crippen molar-refractivity contribution in [1.29, 1.82) is 0 Å². The molecular weight excluding hydrogens is 709 g/mol. The highest BCUT2D eigenvalue weighted by Gasteiger charge is 2.51. The molecule has 2 unspecified atom stereocenters. The molecule has 0 spiro atoms. The predicted molar refractivity (Wildman–Crippen MR) is 202 cm³/mol. The number of para-hydroxylation sites is 1. The van der Waals surface area contributed by atoms with Crippen LogP contribution in [0.15, 0.2) is 59.5 Å². The van der Waals surface area contributed by atoms with E-state index in [-0.39, 0.29) is 43.2 Å². The quantitative estimate of drug-likeness (QED) is 0.212. The molecule has 1 saturated heterocycles. The first-order chi connectivity index (χ1) is 22.6. The van der Waals surface area contributed by atoms with E-state index < -0.39 is 10.9 Å². The van der Waals surface area contributed by atoms with Crippen molar-refractivity contribution in [2.24, 2.45) is 5.92 Å². The van der Waals surface area contributed by atoms with Crippen molar-refractivity contribution >= 4 is 59.8 Å². The number of ether oxygens (including phenoxy) is 4. The van der Waals surface area contributed by atoms with E-state index in [4.69, 9.17) is 30.5 Å². The Kier molecular flexibility index (Phi) is 15.1. The van der Waals surface area contributed by atoms with E-state index >= 15 is 0 Å². The van der Waals surface area contributed by atoms with Crippen molar-refractivity contribution in [3.05, 3.63) is 70.7 Å². The molecule has 270 valence electrons. The number of thioether (sulfide) groups is 1. The highest BCUT2D eigenvalue weighted by Crippen LogP contribution is 2.56. The lowest BCUT2D eigenvalue weighted by atomic mass is 9.85. The van der Waals surface area contributed by atoms with Gasteiger partial charge in [0.25, 0.3) is 0 Å². The predicted octanol–water partition coefficient (Wildman–Crippen LogP) is 6.43. The average Bonchev–Trinajstić information content (AvgIpc) is 3.08. The molecule has 3 aromatic rings. The Morgan fingerprint density at radius 3 is 2.14 bits per heavy atom. The number of hydrogen-bond acceptors (Lipinski definition) is 9. The Hall–Kier alpha value is -2.57. The van der Waals surface area contributed by atoms with Crippen LogP contribution < -0.4 is 23.8 Å². The van der Waals surface area contributed by atoms with E-state index in [9.17, 15) is 9.90 Å². The largest absolute Gasteiger partial charge is 0.493 e. The molecule has 13 heteroatoms. The van der Waals surface area contributed by atoms with Gasteiger partial charge in [-0.15, -0.1) is 36.6 Å². The van der Waals surface area contributed by atoms with Crippen LogP contribution in [0.3, 0.4) is 0 Å². The summed E-state index contributed by atoms with van der Waals surface area (Å²) in [7, 11) is 6.68. The summed E-state index contributed by atoms with van der Waals surface area (Å²) in [5.74, 6) is 2.48. The molecule has 1 amide bonds. The minimum Gasteiger partial charge on any atom is -0.493 e. The minimum absolute atomic E-state index is 0. The SMILES string of the molecule is COc1cc(CCN2CCN(CC(O)COc3ccccc3C3(C(C)C)Sc4cc(Cl)ccc4N(C)C3=O)CC2)cc(OC)c1OC.Cl.Cl. The van der Waals surface area contributed by atoms with Crippen LogP contribution >= 0.6 is 48.2 Å². The van der Waals surface area contributed by atoms with Gasteiger partial charge in [-0.1, -0.05) is 43.6 Å². The van der Waals surface area contributed by atoms with Crippen LogP contribution in [0.1, 0.15) is 25.0 Å². The molecule has 0 bridgehead atoms. The zero-order chi connectivity index (χ0) is 33.7. The molecule has 5 rings (SSSR count). The molecule has 2 atom stereocenters. The lowest BCUT2D eigenvalue weighted by Gasteiger charge is -2.44. The molecule has 49 heavy (non-hydrogen) atoms. The number of piperazine rings is 1. The number of hydrogen-bond donors (Lipinski definition) is 1. The number of carbonyl (C=O) groups is 1. The van der Waals surface area contributed by atoms with Crippen molar-refractivity contribution in [1.82, 2.24) is 9.80 Å². The van der Waals surface area contributed by atoms with E-state index in [2.05, 4.69) is 23.6 Å². The summed E-state index contributed by atoms with van der Waals surface area (Å²) in [5.41, 5.74) is 2.77. The van der Waals surface area contributed by atoms with Gasteiger partial charge in [-0.05, 0) is 54.3 Å². The highest BCUT2D eigenvalue weighted by atomic mass is 35.5. The van der Waals surface area contributed by atoms with Crippen molar-refractivity contribution < 1.29 is 28.8 Å². The molecule has 1 N–H and O–H groups in total. The lowest BCUT2D eigenvalue weighted by molar-refractivity contribution is -0.122. The minimum atomic E-state index is -0.910. The Morgan fingerprint density at radius 1 is 0.898 bits per heavy atom. The zero-order valence-electron chi connectivity index (χ0n) is 28.9. The topological polar surface area (TPSA) is 83.9 Å². The maximum Gasteiger partial charge on any atom is 0.248 e. The first-order valence-electron chi connectivity index (χ1n) is 16.0.